The van der Waals surface area contributed by atoms with Crippen LogP contribution in [-0.4, -0.2) is 59.2 Å². The zero-order valence-electron chi connectivity index (χ0n) is 21.6. The highest BCUT2D eigenvalue weighted by atomic mass is 16.2. The van der Waals surface area contributed by atoms with E-state index < -0.39 is 0 Å². The number of rotatable bonds is 5. The van der Waals surface area contributed by atoms with Gasteiger partial charge in [-0.25, -0.2) is 14.8 Å². The average Bonchev–Trinajstić information content (AvgIpc) is 3.01. The molecule has 0 unspecified atom stereocenters. The first-order valence-electron chi connectivity index (χ1n) is 12.9. The van der Waals surface area contributed by atoms with Gasteiger partial charge in [0, 0.05) is 57.0 Å². The van der Waals surface area contributed by atoms with Crippen molar-refractivity contribution in [2.75, 3.05) is 53.2 Å². The molecule has 1 fully saturated rings. The Morgan fingerprint density at radius 2 is 1.49 bits per heavy atom. The highest BCUT2D eigenvalue weighted by Gasteiger charge is 2.20. The standard InChI is InChI=1S/C30H28N8O/c1-36(25-5-3-2-4-6-25)30(39)34-24-10-7-22(8-11-24)23-9-12-26-27(19-23)35-29(21-33-26)38-17-15-37(16-18-38)28-20-31-13-14-32-28/h2-14,19-21H,15-18H2,1H3,(H,34,39). The third-order valence-electron chi connectivity index (χ3n) is 6.92. The number of nitrogens with one attached hydrogen (secondary N) is 1. The molecular weight excluding hydrogens is 488 g/mol. The van der Waals surface area contributed by atoms with Crippen molar-refractivity contribution in [1.29, 1.82) is 0 Å². The van der Waals surface area contributed by atoms with E-state index >= 15 is 0 Å². The number of piperazine rings is 1. The summed E-state index contributed by atoms with van der Waals surface area (Å²) in [4.78, 5) is 36.9. The molecule has 6 rings (SSSR count). The van der Waals surface area contributed by atoms with Gasteiger partial charge in [-0.2, -0.15) is 0 Å². The molecule has 1 N–H and O–H groups in total. The summed E-state index contributed by atoms with van der Waals surface area (Å²) in [7, 11) is 1.75. The zero-order valence-corrected chi connectivity index (χ0v) is 21.6. The van der Waals surface area contributed by atoms with Crippen molar-refractivity contribution in [2.45, 2.75) is 0 Å². The predicted molar refractivity (Wildman–Crippen MR) is 155 cm³/mol. The second-order valence-electron chi connectivity index (χ2n) is 9.37. The van der Waals surface area contributed by atoms with Crippen molar-refractivity contribution in [3.8, 4) is 11.1 Å². The molecule has 2 amide bonds. The molecule has 1 aliphatic rings. The molecule has 2 aromatic heterocycles. The topological polar surface area (TPSA) is 90.4 Å². The number of fused-ring (bicyclic) bond motifs is 1. The van der Waals surface area contributed by atoms with Gasteiger partial charge in [-0.05, 0) is 47.5 Å². The summed E-state index contributed by atoms with van der Waals surface area (Å²) in [5.41, 5.74) is 5.35. The van der Waals surface area contributed by atoms with E-state index in [4.69, 9.17) is 4.98 Å². The number of carbonyl (C=O) groups excluding carboxylic acids is 1. The van der Waals surface area contributed by atoms with Crippen molar-refractivity contribution in [3.05, 3.63) is 97.6 Å². The van der Waals surface area contributed by atoms with Gasteiger partial charge in [-0.3, -0.25) is 14.9 Å². The average molecular weight is 517 g/mol. The molecule has 0 bridgehead atoms. The first-order valence-corrected chi connectivity index (χ1v) is 12.9. The Labute approximate surface area is 226 Å². The summed E-state index contributed by atoms with van der Waals surface area (Å²) in [6.45, 7) is 3.37. The van der Waals surface area contributed by atoms with Crippen LogP contribution < -0.4 is 20.0 Å². The maximum absolute atomic E-state index is 12.7. The van der Waals surface area contributed by atoms with Crippen molar-refractivity contribution in [1.82, 2.24) is 19.9 Å². The Kier molecular flexibility index (Phi) is 6.69. The van der Waals surface area contributed by atoms with E-state index in [-0.39, 0.29) is 6.03 Å². The smallest absolute Gasteiger partial charge is 0.326 e. The number of aromatic nitrogens is 4. The molecule has 3 aromatic carbocycles. The number of carbonyl (C=O) groups is 1. The summed E-state index contributed by atoms with van der Waals surface area (Å²) < 4.78 is 0. The van der Waals surface area contributed by atoms with E-state index in [1.54, 1.807) is 30.5 Å². The van der Waals surface area contributed by atoms with Crippen LogP contribution in [0.2, 0.25) is 0 Å². The fourth-order valence-corrected chi connectivity index (χ4v) is 4.67. The van der Waals surface area contributed by atoms with Gasteiger partial charge < -0.3 is 15.1 Å². The molecule has 9 heteroatoms. The number of anilines is 4. The van der Waals surface area contributed by atoms with E-state index in [1.165, 1.54) is 0 Å². The molecule has 0 atom stereocenters. The number of nitrogens with zero attached hydrogens (tertiary/aromatic N) is 7. The Hall–Kier alpha value is -5.05. The summed E-state index contributed by atoms with van der Waals surface area (Å²) in [5, 5.41) is 2.95. The predicted octanol–water partition coefficient (Wildman–Crippen LogP) is 5.08. The van der Waals surface area contributed by atoms with Crippen LogP contribution in [0.15, 0.2) is 97.6 Å². The molecule has 0 spiro atoms. The summed E-state index contributed by atoms with van der Waals surface area (Å²) in [5.74, 6) is 1.78. The lowest BCUT2D eigenvalue weighted by Gasteiger charge is -2.35. The first kappa shape index (κ1) is 24.3. The Balaban J connectivity index is 1.14. The first-order chi connectivity index (χ1) is 19.1. The van der Waals surface area contributed by atoms with Crippen LogP contribution in [0.25, 0.3) is 22.2 Å². The number of hydrogen-bond acceptors (Lipinski definition) is 7. The molecular formula is C30H28N8O. The number of para-hydroxylation sites is 1. The Bertz CT molecular complexity index is 1570. The van der Waals surface area contributed by atoms with Crippen LogP contribution in [0.4, 0.5) is 27.8 Å². The van der Waals surface area contributed by atoms with Crippen molar-refractivity contribution >= 4 is 40.1 Å². The normalized spacial score (nSPS) is 13.4. The summed E-state index contributed by atoms with van der Waals surface area (Å²) in [6.07, 6.45) is 7.07. The van der Waals surface area contributed by atoms with Crippen LogP contribution in [0.5, 0.6) is 0 Å². The highest BCUT2D eigenvalue weighted by molar-refractivity contribution is 6.01. The monoisotopic (exact) mass is 516 g/mol. The van der Waals surface area contributed by atoms with E-state index in [1.807, 2.05) is 72.9 Å². The van der Waals surface area contributed by atoms with Gasteiger partial charge in [-0.15, -0.1) is 0 Å². The van der Waals surface area contributed by atoms with Gasteiger partial charge in [0.2, 0.25) is 0 Å². The van der Waals surface area contributed by atoms with Gasteiger partial charge in [0.05, 0.1) is 23.4 Å². The minimum atomic E-state index is -0.194. The highest BCUT2D eigenvalue weighted by Crippen LogP contribution is 2.26. The molecule has 1 aliphatic heterocycles. The lowest BCUT2D eigenvalue weighted by molar-refractivity contribution is 0.258. The van der Waals surface area contributed by atoms with Crippen molar-refractivity contribution in [2.24, 2.45) is 0 Å². The number of urea groups is 1. The van der Waals surface area contributed by atoms with Crippen LogP contribution >= 0.6 is 0 Å². The number of benzene rings is 3. The number of amides is 2. The molecule has 0 radical (unpaired) electrons. The summed E-state index contributed by atoms with van der Waals surface area (Å²) >= 11 is 0. The van der Waals surface area contributed by atoms with E-state index in [2.05, 4.69) is 36.1 Å². The third-order valence-corrected chi connectivity index (χ3v) is 6.92. The summed E-state index contributed by atoms with van der Waals surface area (Å²) in [6, 6.07) is 23.3. The lowest BCUT2D eigenvalue weighted by Crippen LogP contribution is -2.47. The molecule has 3 heterocycles. The van der Waals surface area contributed by atoms with Crippen molar-refractivity contribution < 1.29 is 4.79 Å². The molecule has 1 saturated heterocycles. The van der Waals surface area contributed by atoms with Gasteiger partial charge >= 0.3 is 6.03 Å². The van der Waals surface area contributed by atoms with E-state index in [9.17, 15) is 4.79 Å². The van der Waals surface area contributed by atoms with Crippen LogP contribution in [0.1, 0.15) is 0 Å². The van der Waals surface area contributed by atoms with Gasteiger partial charge in [-0.1, -0.05) is 36.4 Å². The largest absolute Gasteiger partial charge is 0.352 e. The van der Waals surface area contributed by atoms with E-state index in [0.29, 0.717) is 0 Å². The Morgan fingerprint density at radius 1 is 0.769 bits per heavy atom. The van der Waals surface area contributed by atoms with Gasteiger partial charge in [0.15, 0.2) is 0 Å². The molecule has 0 aliphatic carbocycles. The minimum Gasteiger partial charge on any atom is -0.352 e. The van der Waals surface area contributed by atoms with Crippen molar-refractivity contribution in [3.63, 3.8) is 0 Å². The van der Waals surface area contributed by atoms with Gasteiger partial charge in [0.1, 0.15) is 11.6 Å². The molecule has 39 heavy (non-hydrogen) atoms. The maximum Gasteiger partial charge on any atom is 0.326 e. The SMILES string of the molecule is CN(C(=O)Nc1ccc(-c2ccc3ncc(N4CCN(c5cnccn5)CC4)nc3c2)cc1)c1ccccc1. The van der Waals surface area contributed by atoms with Crippen LogP contribution in [-0.2, 0) is 0 Å². The second-order valence-corrected chi connectivity index (χ2v) is 9.37. The lowest BCUT2D eigenvalue weighted by atomic mass is 10.0. The zero-order chi connectivity index (χ0) is 26.6. The maximum atomic E-state index is 12.7. The minimum absolute atomic E-state index is 0.194. The van der Waals surface area contributed by atoms with E-state index in [0.717, 1.165) is 71.3 Å². The van der Waals surface area contributed by atoms with Crippen LogP contribution in [0, 0.1) is 0 Å². The molecule has 5 aromatic rings. The third kappa shape index (κ3) is 5.33. The van der Waals surface area contributed by atoms with Crippen LogP contribution in [0.3, 0.4) is 0 Å². The molecule has 194 valence electrons. The molecule has 9 nitrogen and oxygen atoms in total. The number of hydrogen-bond donors (Lipinski definition) is 1. The fourth-order valence-electron chi connectivity index (χ4n) is 4.67. The second kappa shape index (κ2) is 10.7. The molecule has 0 saturated carbocycles. The fraction of sp³-hybridized carbons (Fsp3) is 0.167. The quantitative estimate of drug-likeness (QED) is 0.348. The van der Waals surface area contributed by atoms with Gasteiger partial charge in [0.25, 0.3) is 0 Å². The Morgan fingerprint density at radius 3 is 2.21 bits per heavy atom.